The summed E-state index contributed by atoms with van der Waals surface area (Å²) in [5.74, 6) is -0.383. The second-order valence-electron chi connectivity index (χ2n) is 9.14. The van der Waals surface area contributed by atoms with E-state index in [0.717, 1.165) is 0 Å². The molecule has 1 saturated heterocycles. The van der Waals surface area contributed by atoms with Gasteiger partial charge in [-0.1, -0.05) is 0 Å². The second kappa shape index (κ2) is 6.07. The summed E-state index contributed by atoms with van der Waals surface area (Å²) in [4.78, 5) is 12.7. The average Bonchev–Trinajstić information content (AvgIpc) is 2.93. The number of nitrogens with zero attached hydrogens (tertiary/aromatic N) is 1. The highest BCUT2D eigenvalue weighted by atomic mass is 19.1. The minimum absolute atomic E-state index is 0.383. The van der Waals surface area contributed by atoms with E-state index in [9.17, 15) is 9.18 Å². The fraction of sp³-hybridized carbons (Fsp3) is 0.550. The molecule has 1 fully saturated rings. The normalized spacial score (nSPS) is 18.9. The van der Waals surface area contributed by atoms with Crippen molar-refractivity contribution in [1.29, 1.82) is 0 Å². The highest BCUT2D eigenvalue weighted by molar-refractivity contribution is 6.65. The number of carbonyl (C=O) groups excluding carboxylic acids is 1. The summed E-state index contributed by atoms with van der Waals surface area (Å²) in [5, 5.41) is 0.707. The number of hydrogen-bond donors (Lipinski definition) is 0. The van der Waals surface area contributed by atoms with E-state index in [-0.39, 0.29) is 5.82 Å². The molecule has 1 aliphatic heterocycles. The third-order valence-electron chi connectivity index (χ3n) is 5.21. The Morgan fingerprint density at radius 3 is 2.22 bits per heavy atom. The van der Waals surface area contributed by atoms with Gasteiger partial charge in [-0.25, -0.2) is 9.18 Å². The smallest absolute Gasteiger partial charge is 0.443 e. The lowest BCUT2D eigenvalue weighted by Crippen LogP contribution is -2.41. The van der Waals surface area contributed by atoms with Crippen LogP contribution in [0.3, 0.4) is 0 Å². The van der Waals surface area contributed by atoms with Crippen LogP contribution in [-0.4, -0.2) is 34.6 Å². The van der Waals surface area contributed by atoms with Crippen LogP contribution in [0.2, 0.25) is 0 Å². The number of benzene rings is 1. The molecular formula is C20H27BFNO4. The van der Waals surface area contributed by atoms with Gasteiger partial charge in [-0.15, -0.1) is 0 Å². The molecule has 0 amide bonds. The predicted molar refractivity (Wildman–Crippen MR) is 104 cm³/mol. The van der Waals surface area contributed by atoms with E-state index >= 15 is 0 Å². The molecule has 27 heavy (non-hydrogen) atoms. The van der Waals surface area contributed by atoms with Gasteiger partial charge in [0.15, 0.2) is 0 Å². The highest BCUT2D eigenvalue weighted by Crippen LogP contribution is 2.37. The molecule has 7 heteroatoms. The lowest BCUT2D eigenvalue weighted by Gasteiger charge is -2.32. The molecule has 0 saturated carbocycles. The van der Waals surface area contributed by atoms with Crippen LogP contribution in [-0.2, 0) is 14.0 Å². The van der Waals surface area contributed by atoms with Crippen LogP contribution in [0, 0.1) is 12.7 Å². The van der Waals surface area contributed by atoms with Crippen molar-refractivity contribution >= 4 is 29.6 Å². The summed E-state index contributed by atoms with van der Waals surface area (Å²) in [5.41, 5.74) is -0.112. The Balaban J connectivity index is 2.14. The zero-order valence-electron chi connectivity index (χ0n) is 17.3. The first-order valence-electron chi connectivity index (χ1n) is 9.12. The van der Waals surface area contributed by atoms with Crippen molar-refractivity contribution in [3.05, 3.63) is 29.7 Å². The molecule has 1 aromatic carbocycles. The molecule has 2 heterocycles. The van der Waals surface area contributed by atoms with Gasteiger partial charge in [0.25, 0.3) is 0 Å². The Kier molecular flexibility index (Phi) is 4.48. The lowest BCUT2D eigenvalue weighted by molar-refractivity contribution is 0.00578. The van der Waals surface area contributed by atoms with E-state index in [1.807, 2.05) is 27.7 Å². The van der Waals surface area contributed by atoms with Crippen LogP contribution in [0.5, 0.6) is 0 Å². The number of aromatic nitrogens is 1. The van der Waals surface area contributed by atoms with Gasteiger partial charge in [0.1, 0.15) is 11.4 Å². The quantitative estimate of drug-likeness (QED) is 0.702. The van der Waals surface area contributed by atoms with Gasteiger partial charge in [0.2, 0.25) is 0 Å². The molecule has 146 valence electrons. The molecule has 0 N–H and O–H groups in total. The minimum Gasteiger partial charge on any atom is -0.443 e. The van der Waals surface area contributed by atoms with Crippen molar-refractivity contribution in [3.8, 4) is 0 Å². The van der Waals surface area contributed by atoms with Crippen LogP contribution in [0.4, 0.5) is 9.18 Å². The molecular weight excluding hydrogens is 348 g/mol. The van der Waals surface area contributed by atoms with Crippen LogP contribution in [0.1, 0.15) is 54.0 Å². The summed E-state index contributed by atoms with van der Waals surface area (Å²) in [6.45, 7) is 14.9. The van der Waals surface area contributed by atoms with Gasteiger partial charge in [0, 0.05) is 17.0 Å². The van der Waals surface area contributed by atoms with E-state index in [1.54, 1.807) is 40.0 Å². The zero-order valence-corrected chi connectivity index (χ0v) is 17.3. The molecule has 5 nitrogen and oxygen atoms in total. The third-order valence-corrected chi connectivity index (χ3v) is 5.21. The lowest BCUT2D eigenvalue weighted by atomic mass is 9.79. The van der Waals surface area contributed by atoms with Crippen molar-refractivity contribution in [2.24, 2.45) is 0 Å². The Bertz CT molecular complexity index is 895. The maximum atomic E-state index is 14.2. The molecule has 2 aromatic rings. The standard InChI is InChI=1S/C20H27BFNO4/c1-12-9-13-14(21-26-19(5,6)20(7,8)27-21)11-23(16(13)10-15(12)22)17(24)25-18(2,3)4/h9-11H,1-8H3. The summed E-state index contributed by atoms with van der Waals surface area (Å²) in [6, 6.07) is 3.06. The molecule has 1 aromatic heterocycles. The molecule has 0 atom stereocenters. The van der Waals surface area contributed by atoms with Gasteiger partial charge >= 0.3 is 13.2 Å². The number of fused-ring (bicyclic) bond motifs is 1. The van der Waals surface area contributed by atoms with Gasteiger partial charge in [-0.3, -0.25) is 4.57 Å². The third kappa shape index (κ3) is 3.50. The first-order valence-corrected chi connectivity index (χ1v) is 9.12. The monoisotopic (exact) mass is 375 g/mol. The topological polar surface area (TPSA) is 49.7 Å². The number of rotatable bonds is 1. The number of aryl methyl sites for hydroxylation is 1. The molecule has 3 rings (SSSR count). The largest absolute Gasteiger partial charge is 0.497 e. The van der Waals surface area contributed by atoms with Gasteiger partial charge in [-0.2, -0.15) is 0 Å². The SMILES string of the molecule is Cc1cc2c(B3OC(C)(C)C(C)(C)O3)cn(C(=O)OC(C)(C)C)c2cc1F. The maximum absolute atomic E-state index is 14.2. The van der Waals surface area contributed by atoms with Crippen LogP contribution < -0.4 is 5.46 Å². The number of hydrogen-bond acceptors (Lipinski definition) is 4. The maximum Gasteiger partial charge on any atom is 0.497 e. The van der Waals surface area contributed by atoms with E-state index in [4.69, 9.17) is 14.0 Å². The average molecular weight is 375 g/mol. The van der Waals surface area contributed by atoms with Crippen molar-refractivity contribution in [2.75, 3.05) is 0 Å². The Labute approximate surface area is 159 Å². The Hall–Kier alpha value is -1.86. The first kappa shape index (κ1) is 19.9. The van der Waals surface area contributed by atoms with E-state index in [0.29, 0.717) is 21.9 Å². The van der Waals surface area contributed by atoms with Crippen LogP contribution >= 0.6 is 0 Å². The van der Waals surface area contributed by atoms with Gasteiger partial charge < -0.3 is 14.0 Å². The van der Waals surface area contributed by atoms with Crippen LogP contribution in [0.15, 0.2) is 18.3 Å². The molecule has 0 bridgehead atoms. The van der Waals surface area contributed by atoms with Crippen LogP contribution in [0.25, 0.3) is 10.9 Å². The summed E-state index contributed by atoms with van der Waals surface area (Å²) in [7, 11) is -0.661. The molecule has 1 aliphatic rings. The van der Waals surface area contributed by atoms with E-state index < -0.39 is 30.0 Å². The number of ether oxygens (including phenoxy) is 1. The Morgan fingerprint density at radius 2 is 1.70 bits per heavy atom. The highest BCUT2D eigenvalue weighted by Gasteiger charge is 2.52. The second-order valence-corrected chi connectivity index (χ2v) is 9.14. The summed E-state index contributed by atoms with van der Waals surface area (Å²) in [6.07, 6.45) is 1.05. The van der Waals surface area contributed by atoms with Crippen molar-refractivity contribution in [1.82, 2.24) is 4.57 Å². The zero-order chi connectivity index (χ0) is 20.4. The van der Waals surface area contributed by atoms with Crippen molar-refractivity contribution < 1.29 is 23.2 Å². The fourth-order valence-corrected chi connectivity index (χ4v) is 3.00. The predicted octanol–water partition coefficient (Wildman–Crippen LogP) is 4.17. The summed E-state index contributed by atoms with van der Waals surface area (Å²) >= 11 is 0. The van der Waals surface area contributed by atoms with E-state index in [2.05, 4.69) is 0 Å². The molecule has 0 aliphatic carbocycles. The van der Waals surface area contributed by atoms with Crippen molar-refractivity contribution in [2.45, 2.75) is 72.2 Å². The van der Waals surface area contributed by atoms with Gasteiger partial charge in [-0.05, 0) is 73.1 Å². The Morgan fingerprint density at radius 1 is 1.15 bits per heavy atom. The van der Waals surface area contributed by atoms with Crippen molar-refractivity contribution in [3.63, 3.8) is 0 Å². The molecule has 0 spiro atoms. The fourth-order valence-electron chi connectivity index (χ4n) is 3.00. The van der Waals surface area contributed by atoms with Gasteiger partial charge in [0.05, 0.1) is 16.7 Å². The molecule has 0 radical (unpaired) electrons. The summed E-state index contributed by atoms with van der Waals surface area (Å²) < 4.78 is 33.3. The first-order chi connectivity index (χ1) is 12.2. The van der Waals surface area contributed by atoms with E-state index in [1.165, 1.54) is 10.6 Å². The molecule has 0 unspecified atom stereocenters. The minimum atomic E-state index is -0.665. The number of carbonyl (C=O) groups is 1. The number of halogens is 1.